The Labute approximate surface area is 159 Å². The monoisotopic (exact) mass is 384 g/mol. The first-order chi connectivity index (χ1) is 11.2. The van der Waals surface area contributed by atoms with Crippen molar-refractivity contribution in [2.75, 3.05) is 18.4 Å². The number of pyridine rings is 1. The maximum Gasteiger partial charge on any atom is 0.243 e. The van der Waals surface area contributed by atoms with Crippen LogP contribution in [0, 0.1) is 0 Å². The Bertz CT molecular complexity index is 715. The number of hydrogen-bond donors (Lipinski definition) is 3. The van der Waals surface area contributed by atoms with Crippen LogP contribution >= 0.6 is 24.8 Å². The van der Waals surface area contributed by atoms with Crippen molar-refractivity contribution in [3.8, 4) is 0 Å². The van der Waals surface area contributed by atoms with E-state index in [-0.39, 0.29) is 49.2 Å². The van der Waals surface area contributed by atoms with E-state index in [4.69, 9.17) is 0 Å². The number of aromatic nitrogens is 1. The second kappa shape index (κ2) is 10.2. The molecule has 0 aliphatic carbocycles. The number of benzene rings is 1. The summed E-state index contributed by atoms with van der Waals surface area (Å²) in [6.07, 6.45) is 4.65. The third kappa shape index (κ3) is 5.56. The van der Waals surface area contributed by atoms with Gasteiger partial charge in [0.25, 0.3) is 0 Å². The van der Waals surface area contributed by atoms with Crippen LogP contribution in [-0.4, -0.2) is 35.9 Å². The van der Waals surface area contributed by atoms with Gasteiger partial charge in [-0.3, -0.25) is 14.6 Å². The third-order valence-electron chi connectivity index (χ3n) is 3.96. The van der Waals surface area contributed by atoms with Crippen LogP contribution in [0.15, 0.2) is 36.5 Å². The topological polar surface area (TPSA) is 83.1 Å². The number of hydrogen-bond acceptors (Lipinski definition) is 4. The van der Waals surface area contributed by atoms with Gasteiger partial charge < -0.3 is 16.0 Å². The molecule has 0 spiro atoms. The first kappa shape index (κ1) is 21.2. The molecule has 136 valence electrons. The van der Waals surface area contributed by atoms with E-state index in [0.29, 0.717) is 5.69 Å². The number of para-hydroxylation sites is 1. The molecule has 0 saturated carbocycles. The highest BCUT2D eigenvalue weighted by atomic mass is 35.5. The summed E-state index contributed by atoms with van der Waals surface area (Å²) in [6, 6.07) is 9.21. The number of carbonyl (C=O) groups is 2. The average molecular weight is 385 g/mol. The van der Waals surface area contributed by atoms with Gasteiger partial charge in [0, 0.05) is 11.6 Å². The van der Waals surface area contributed by atoms with Crippen LogP contribution in [0.25, 0.3) is 10.9 Å². The predicted molar refractivity (Wildman–Crippen MR) is 104 cm³/mol. The van der Waals surface area contributed by atoms with Crippen molar-refractivity contribution in [2.24, 2.45) is 0 Å². The molecular formula is C17H22Cl2N4O2. The lowest BCUT2D eigenvalue weighted by molar-refractivity contribution is -0.126. The minimum absolute atomic E-state index is 0. The number of nitrogens with one attached hydrogen (secondary N) is 3. The molecule has 1 atom stereocenters. The molecule has 2 amide bonds. The molecule has 3 rings (SSSR count). The molecule has 3 N–H and O–H groups in total. The van der Waals surface area contributed by atoms with E-state index < -0.39 is 0 Å². The predicted octanol–water partition coefficient (Wildman–Crippen LogP) is 2.28. The van der Waals surface area contributed by atoms with Crippen LogP contribution < -0.4 is 16.0 Å². The first-order valence-electron chi connectivity index (χ1n) is 7.89. The summed E-state index contributed by atoms with van der Waals surface area (Å²) < 4.78 is 0. The van der Waals surface area contributed by atoms with Crippen molar-refractivity contribution in [3.05, 3.63) is 36.5 Å². The maximum absolute atomic E-state index is 12.1. The van der Waals surface area contributed by atoms with Crippen LogP contribution in [0.4, 0.5) is 5.69 Å². The largest absolute Gasteiger partial charge is 0.346 e. The van der Waals surface area contributed by atoms with Crippen molar-refractivity contribution in [2.45, 2.75) is 25.3 Å². The number of nitrogens with zero attached hydrogens (tertiary/aromatic N) is 1. The molecule has 1 aliphatic heterocycles. The van der Waals surface area contributed by atoms with E-state index in [9.17, 15) is 9.59 Å². The van der Waals surface area contributed by atoms with Gasteiger partial charge >= 0.3 is 0 Å². The molecule has 1 aromatic heterocycles. The van der Waals surface area contributed by atoms with Gasteiger partial charge in [-0.05, 0) is 31.5 Å². The van der Waals surface area contributed by atoms with Crippen molar-refractivity contribution >= 4 is 53.2 Å². The zero-order valence-electron chi connectivity index (χ0n) is 13.7. The van der Waals surface area contributed by atoms with Gasteiger partial charge in [0.05, 0.1) is 23.8 Å². The molecule has 2 aromatic rings. The number of anilines is 1. The fourth-order valence-corrected chi connectivity index (χ4v) is 2.77. The van der Waals surface area contributed by atoms with Crippen molar-refractivity contribution < 1.29 is 9.59 Å². The molecular weight excluding hydrogens is 363 g/mol. The van der Waals surface area contributed by atoms with E-state index in [1.165, 1.54) is 0 Å². The summed E-state index contributed by atoms with van der Waals surface area (Å²) in [6.45, 7) is 0.812. The molecule has 6 nitrogen and oxygen atoms in total. The smallest absolute Gasteiger partial charge is 0.243 e. The molecule has 8 heteroatoms. The molecule has 2 heterocycles. The summed E-state index contributed by atoms with van der Waals surface area (Å²) in [5, 5.41) is 9.61. The van der Waals surface area contributed by atoms with Crippen LogP contribution in [0.1, 0.15) is 19.3 Å². The second-order valence-corrected chi connectivity index (χ2v) is 5.65. The van der Waals surface area contributed by atoms with Gasteiger partial charge in [0.2, 0.25) is 11.8 Å². The number of piperidine rings is 1. The summed E-state index contributed by atoms with van der Waals surface area (Å²) in [5.74, 6) is -0.372. The highest BCUT2D eigenvalue weighted by Crippen LogP contribution is 2.20. The molecule has 0 bridgehead atoms. The molecule has 0 unspecified atom stereocenters. The Morgan fingerprint density at radius 2 is 1.96 bits per heavy atom. The number of halogens is 2. The quantitative estimate of drug-likeness (QED) is 0.754. The van der Waals surface area contributed by atoms with E-state index in [0.717, 1.165) is 36.7 Å². The van der Waals surface area contributed by atoms with E-state index in [2.05, 4.69) is 20.9 Å². The fraction of sp³-hybridized carbons (Fsp3) is 0.353. The van der Waals surface area contributed by atoms with E-state index >= 15 is 0 Å². The molecule has 0 radical (unpaired) electrons. The van der Waals surface area contributed by atoms with Crippen LogP contribution in [0.3, 0.4) is 0 Å². The van der Waals surface area contributed by atoms with Crippen molar-refractivity contribution in [1.82, 2.24) is 15.6 Å². The Morgan fingerprint density at radius 1 is 1.16 bits per heavy atom. The average Bonchev–Trinajstić information content (AvgIpc) is 2.61. The number of amides is 2. The zero-order valence-corrected chi connectivity index (χ0v) is 15.3. The SMILES string of the molecule is Cl.Cl.O=C(CNC(=O)[C@H]1CCCCN1)Nc1cccc2cccnc12. The molecule has 1 aromatic carbocycles. The van der Waals surface area contributed by atoms with Gasteiger partial charge in [-0.15, -0.1) is 24.8 Å². The van der Waals surface area contributed by atoms with Gasteiger partial charge in [-0.2, -0.15) is 0 Å². The summed E-state index contributed by atoms with van der Waals surface area (Å²) in [7, 11) is 0. The minimum atomic E-state index is -0.257. The Balaban J connectivity index is 0.00000156. The van der Waals surface area contributed by atoms with Gasteiger partial charge in [-0.25, -0.2) is 0 Å². The number of fused-ring (bicyclic) bond motifs is 1. The minimum Gasteiger partial charge on any atom is -0.346 e. The summed E-state index contributed by atoms with van der Waals surface area (Å²) in [4.78, 5) is 28.4. The second-order valence-electron chi connectivity index (χ2n) is 5.65. The standard InChI is InChI=1S/C17H20N4O2.2ClH/c22-15(11-20-17(23)14-7-1-2-9-18-14)21-13-8-3-5-12-6-4-10-19-16(12)13;;/h3-6,8,10,14,18H,1-2,7,9,11H2,(H,20,23)(H,21,22);2*1H/t14-;;/m1../s1. The third-order valence-corrected chi connectivity index (χ3v) is 3.96. The Morgan fingerprint density at radius 3 is 2.72 bits per heavy atom. The highest BCUT2D eigenvalue weighted by molar-refractivity contribution is 6.01. The molecule has 25 heavy (non-hydrogen) atoms. The maximum atomic E-state index is 12.1. The van der Waals surface area contributed by atoms with E-state index in [1.807, 2.05) is 24.3 Å². The van der Waals surface area contributed by atoms with Gasteiger partial charge in [0.15, 0.2) is 0 Å². The summed E-state index contributed by atoms with van der Waals surface area (Å²) in [5.41, 5.74) is 1.39. The van der Waals surface area contributed by atoms with Gasteiger partial charge in [-0.1, -0.05) is 24.6 Å². The lowest BCUT2D eigenvalue weighted by Gasteiger charge is -2.22. The lowest BCUT2D eigenvalue weighted by atomic mass is 10.0. The van der Waals surface area contributed by atoms with Crippen LogP contribution in [-0.2, 0) is 9.59 Å². The van der Waals surface area contributed by atoms with Crippen molar-refractivity contribution in [3.63, 3.8) is 0 Å². The fourth-order valence-electron chi connectivity index (χ4n) is 2.77. The Hall–Kier alpha value is -1.89. The summed E-state index contributed by atoms with van der Waals surface area (Å²) >= 11 is 0. The van der Waals surface area contributed by atoms with Gasteiger partial charge in [0.1, 0.15) is 0 Å². The first-order valence-corrected chi connectivity index (χ1v) is 7.89. The molecule has 1 aliphatic rings. The number of carbonyl (C=O) groups excluding carboxylic acids is 2. The normalized spacial score (nSPS) is 16.2. The van der Waals surface area contributed by atoms with E-state index in [1.54, 1.807) is 12.3 Å². The Kier molecular flexibility index (Phi) is 8.61. The van der Waals surface area contributed by atoms with Crippen molar-refractivity contribution in [1.29, 1.82) is 0 Å². The number of rotatable bonds is 4. The van der Waals surface area contributed by atoms with Crippen LogP contribution in [0.2, 0.25) is 0 Å². The zero-order chi connectivity index (χ0) is 16.1. The lowest BCUT2D eigenvalue weighted by Crippen LogP contribution is -2.48. The molecule has 1 saturated heterocycles. The van der Waals surface area contributed by atoms with Crippen LogP contribution in [0.5, 0.6) is 0 Å². The highest BCUT2D eigenvalue weighted by Gasteiger charge is 2.20. The molecule has 1 fully saturated rings.